The number of nitrogens with one attached hydrogen (secondary N) is 1. The number of nitrogens with zero attached hydrogens (tertiary/aromatic N) is 4. The van der Waals surface area contributed by atoms with Crippen LogP contribution in [0.4, 0.5) is 10.9 Å². The maximum absolute atomic E-state index is 13.9. The Morgan fingerprint density at radius 3 is 2.54 bits per heavy atom. The number of anilines is 2. The Kier molecular flexibility index (Phi) is 11.9. The summed E-state index contributed by atoms with van der Waals surface area (Å²) in [6.45, 7) is 12.2. The van der Waals surface area contributed by atoms with Crippen molar-refractivity contribution in [2.45, 2.75) is 84.9 Å². The molecule has 4 heterocycles. The van der Waals surface area contributed by atoms with Crippen LogP contribution in [-0.2, 0) is 22.5 Å². The van der Waals surface area contributed by atoms with Gasteiger partial charge in [0, 0.05) is 30.3 Å². The van der Waals surface area contributed by atoms with E-state index in [2.05, 4.69) is 28.2 Å². The fourth-order valence-electron chi connectivity index (χ4n) is 8.01. The fourth-order valence-corrected chi connectivity index (χ4v) is 8.87. The Hall–Kier alpha value is -5.33. The number of hydrogen-bond donors (Lipinski definition) is 2. The normalized spacial score (nSPS) is 17.2. The van der Waals surface area contributed by atoms with Gasteiger partial charge in [-0.05, 0) is 138 Å². The highest BCUT2D eigenvalue weighted by Crippen LogP contribution is 2.36. The molecule has 1 fully saturated rings. The molecule has 0 unspecified atom stereocenters. The van der Waals surface area contributed by atoms with Gasteiger partial charge in [0.15, 0.2) is 10.8 Å². The predicted octanol–water partition coefficient (Wildman–Crippen LogP) is 8.78. The van der Waals surface area contributed by atoms with Crippen molar-refractivity contribution in [1.29, 1.82) is 0 Å². The summed E-state index contributed by atoms with van der Waals surface area (Å²) >= 11 is 1.45. The minimum atomic E-state index is -0.775. The van der Waals surface area contributed by atoms with Crippen LogP contribution in [0.5, 0.6) is 5.75 Å². The maximum Gasteiger partial charge on any atom is 0.358 e. The molecular formula is C45H51N5O6S. The first kappa shape index (κ1) is 39.9. The second-order valence-electron chi connectivity index (χ2n) is 16.1. The van der Waals surface area contributed by atoms with Crippen LogP contribution in [0.25, 0.3) is 21.3 Å². The third-order valence-corrected chi connectivity index (χ3v) is 11.8. The number of benzene rings is 3. The minimum absolute atomic E-state index is 0.0985. The standard InChI is InChI=1S/C45H51N5O6S/c1-28-25-30(20-22-49(28)27-40(51)52)11-10-24-55-37-16-9-13-32(29(37)2)33-18-19-39(47-41(33)43(54)56-45(3,4)5)50-23-21-31-12-8-14-34(35(31)26-50)42(53)48-44-46-36-15-6-7-17-38(36)57-44/h6-9,12-19,28,30H,10-11,20-27H2,1-5H3,(H,51,52)(H,46,48,53)/t28-,30+/m1/s1. The van der Waals surface area contributed by atoms with E-state index in [0.717, 1.165) is 70.4 Å². The summed E-state index contributed by atoms with van der Waals surface area (Å²) in [5, 5.41) is 12.8. The van der Waals surface area contributed by atoms with E-state index < -0.39 is 17.5 Å². The first-order valence-electron chi connectivity index (χ1n) is 19.8. The number of hydrogen-bond acceptors (Lipinski definition) is 10. The van der Waals surface area contributed by atoms with Crippen molar-refractivity contribution < 1.29 is 29.0 Å². The van der Waals surface area contributed by atoms with Gasteiger partial charge < -0.3 is 19.5 Å². The Labute approximate surface area is 338 Å². The van der Waals surface area contributed by atoms with E-state index in [4.69, 9.17) is 14.5 Å². The van der Waals surface area contributed by atoms with Gasteiger partial charge in [-0.1, -0.05) is 47.7 Å². The molecule has 0 bridgehead atoms. The molecule has 2 aliphatic heterocycles. The Morgan fingerprint density at radius 1 is 0.965 bits per heavy atom. The van der Waals surface area contributed by atoms with Gasteiger partial charge in [0.1, 0.15) is 17.2 Å². The topological polar surface area (TPSA) is 134 Å². The number of pyridine rings is 1. The van der Waals surface area contributed by atoms with Crippen molar-refractivity contribution in [2.75, 3.05) is 36.5 Å². The van der Waals surface area contributed by atoms with E-state index in [1.54, 1.807) is 0 Å². The molecular weight excluding hydrogens is 739 g/mol. The molecule has 7 rings (SSSR count). The van der Waals surface area contributed by atoms with Crippen molar-refractivity contribution in [3.63, 3.8) is 0 Å². The van der Waals surface area contributed by atoms with E-state index in [1.807, 2.05) is 99.3 Å². The van der Waals surface area contributed by atoms with Crippen molar-refractivity contribution in [3.8, 4) is 16.9 Å². The molecule has 5 aromatic rings. The van der Waals surface area contributed by atoms with Gasteiger partial charge in [0.25, 0.3) is 5.91 Å². The van der Waals surface area contributed by atoms with Gasteiger partial charge in [0.05, 0.1) is 23.4 Å². The first-order chi connectivity index (χ1) is 27.3. The van der Waals surface area contributed by atoms with Crippen LogP contribution in [0.3, 0.4) is 0 Å². The number of aromatic nitrogens is 2. The van der Waals surface area contributed by atoms with Crippen LogP contribution < -0.4 is 15.0 Å². The lowest BCUT2D eigenvalue weighted by molar-refractivity contribution is -0.139. The highest BCUT2D eigenvalue weighted by molar-refractivity contribution is 7.22. The smallest absolute Gasteiger partial charge is 0.358 e. The van der Waals surface area contributed by atoms with Crippen LogP contribution in [0, 0.1) is 12.8 Å². The molecule has 3 aromatic carbocycles. The molecule has 0 aliphatic carbocycles. The average Bonchev–Trinajstić information content (AvgIpc) is 3.59. The molecule has 2 aromatic heterocycles. The number of carboxylic acids is 1. The molecule has 0 saturated carbocycles. The van der Waals surface area contributed by atoms with Gasteiger partial charge in [0.2, 0.25) is 0 Å². The second-order valence-corrected chi connectivity index (χ2v) is 17.2. The van der Waals surface area contributed by atoms with Crippen LogP contribution in [-0.4, -0.2) is 75.7 Å². The summed E-state index contributed by atoms with van der Waals surface area (Å²) in [5.74, 6) is 0.422. The summed E-state index contributed by atoms with van der Waals surface area (Å²) in [6.07, 6.45) is 4.61. The molecule has 2 N–H and O–H groups in total. The molecule has 298 valence electrons. The zero-order valence-corrected chi connectivity index (χ0v) is 34.2. The number of carbonyl (C=O) groups is 3. The first-order valence-corrected chi connectivity index (χ1v) is 20.6. The number of piperidine rings is 1. The van der Waals surface area contributed by atoms with E-state index in [1.165, 1.54) is 11.3 Å². The lowest BCUT2D eigenvalue weighted by Gasteiger charge is -2.36. The van der Waals surface area contributed by atoms with Crippen LogP contribution in [0.2, 0.25) is 0 Å². The van der Waals surface area contributed by atoms with Crippen LogP contribution in [0.15, 0.2) is 72.8 Å². The number of ether oxygens (including phenoxy) is 2. The highest BCUT2D eigenvalue weighted by Gasteiger charge is 2.29. The number of esters is 1. The molecule has 1 saturated heterocycles. The summed E-state index contributed by atoms with van der Waals surface area (Å²) in [6, 6.07) is 23.6. The van der Waals surface area contributed by atoms with Gasteiger partial charge >= 0.3 is 11.9 Å². The Bertz CT molecular complexity index is 2250. The largest absolute Gasteiger partial charge is 0.493 e. The van der Waals surface area contributed by atoms with Crippen LogP contribution >= 0.6 is 11.3 Å². The van der Waals surface area contributed by atoms with Gasteiger partial charge in [-0.25, -0.2) is 14.8 Å². The van der Waals surface area contributed by atoms with E-state index in [0.29, 0.717) is 54.1 Å². The predicted molar refractivity (Wildman–Crippen MR) is 224 cm³/mol. The van der Waals surface area contributed by atoms with Gasteiger partial charge in [-0.3, -0.25) is 19.8 Å². The molecule has 0 radical (unpaired) electrons. The number of thiazole rings is 1. The average molecular weight is 790 g/mol. The van der Waals surface area contributed by atoms with Crippen LogP contribution in [0.1, 0.15) is 90.9 Å². The SMILES string of the molecule is Cc1c(OCCC[C@H]2CCN(CC(=O)O)[C@H](C)C2)cccc1-c1ccc(N2CCc3cccc(C(=O)Nc4nc5ccccc5s4)c3C2)nc1C(=O)OC(C)(C)C. The second kappa shape index (κ2) is 17.0. The molecule has 2 atom stereocenters. The van der Waals surface area contributed by atoms with E-state index in [-0.39, 0.29) is 24.2 Å². The highest BCUT2D eigenvalue weighted by atomic mass is 32.1. The monoisotopic (exact) mass is 789 g/mol. The van der Waals surface area contributed by atoms with Crippen molar-refractivity contribution in [1.82, 2.24) is 14.9 Å². The number of carbonyl (C=O) groups excluding carboxylic acids is 2. The summed E-state index contributed by atoms with van der Waals surface area (Å²) in [4.78, 5) is 52.5. The number of fused-ring (bicyclic) bond motifs is 2. The number of likely N-dealkylation sites (tertiary alicyclic amines) is 1. The minimum Gasteiger partial charge on any atom is -0.493 e. The zero-order valence-electron chi connectivity index (χ0n) is 33.3. The van der Waals surface area contributed by atoms with Gasteiger partial charge in [-0.2, -0.15) is 0 Å². The number of amides is 1. The van der Waals surface area contributed by atoms with Gasteiger partial charge in [-0.15, -0.1) is 0 Å². The third kappa shape index (κ3) is 9.45. The number of aliphatic carboxylic acids is 1. The van der Waals surface area contributed by atoms with E-state index >= 15 is 0 Å². The lowest BCUT2D eigenvalue weighted by atomic mass is 9.88. The Morgan fingerprint density at radius 2 is 1.77 bits per heavy atom. The lowest BCUT2D eigenvalue weighted by Crippen LogP contribution is -2.43. The van der Waals surface area contributed by atoms with Crippen molar-refractivity contribution in [3.05, 3.63) is 101 Å². The zero-order chi connectivity index (χ0) is 40.3. The maximum atomic E-state index is 13.9. The molecule has 1 amide bonds. The summed E-state index contributed by atoms with van der Waals surface area (Å²) in [5.41, 5.74) is 5.35. The van der Waals surface area contributed by atoms with Crippen molar-refractivity contribution >= 4 is 50.3 Å². The fraction of sp³-hybridized carbons (Fsp3) is 0.400. The van der Waals surface area contributed by atoms with E-state index in [9.17, 15) is 19.5 Å². The molecule has 2 aliphatic rings. The molecule has 57 heavy (non-hydrogen) atoms. The number of para-hydroxylation sites is 1. The quantitative estimate of drug-likeness (QED) is 0.0934. The number of rotatable bonds is 12. The molecule has 11 nitrogen and oxygen atoms in total. The van der Waals surface area contributed by atoms with Crippen molar-refractivity contribution in [2.24, 2.45) is 5.92 Å². The third-order valence-electron chi connectivity index (χ3n) is 10.9. The summed E-state index contributed by atoms with van der Waals surface area (Å²) in [7, 11) is 0. The Balaban J connectivity index is 1.08. The summed E-state index contributed by atoms with van der Waals surface area (Å²) < 4.78 is 13.3. The molecule has 12 heteroatoms. The number of carboxylic acid groups (broad SMARTS) is 1. The molecule has 0 spiro atoms.